The highest BCUT2D eigenvalue weighted by Gasteiger charge is 2.37. The fourth-order valence-electron chi connectivity index (χ4n) is 7.00. The van der Waals surface area contributed by atoms with Crippen molar-refractivity contribution in [3.8, 4) is 22.3 Å². The number of fused-ring (bicyclic) bond motifs is 2. The Hall–Kier alpha value is -5.86. The van der Waals surface area contributed by atoms with Gasteiger partial charge in [-0.1, -0.05) is 129 Å². The molecule has 0 amide bonds. The second-order valence-electron chi connectivity index (χ2n) is 12.7. The van der Waals surface area contributed by atoms with E-state index in [2.05, 4.69) is 206 Å². The van der Waals surface area contributed by atoms with Gasteiger partial charge >= 0.3 is 0 Å². The first-order chi connectivity index (χ1) is 23.1. The number of nitrogens with zero attached hydrogens (tertiary/aromatic N) is 2. The minimum absolute atomic E-state index is 0.196. The average Bonchev–Trinajstić information content (AvgIpc) is 3.14. The second-order valence-corrected chi connectivity index (χ2v) is 12.7. The molecule has 0 spiro atoms. The van der Waals surface area contributed by atoms with E-state index in [9.17, 15) is 0 Å². The minimum atomic E-state index is -0.196. The van der Waals surface area contributed by atoms with Crippen LogP contribution in [-0.4, -0.2) is 0 Å². The molecule has 2 nitrogen and oxygen atoms in total. The number of benzene rings is 7. The average molecular weight is 605 g/mol. The Balaban J connectivity index is 1.22. The molecule has 2 heteroatoms. The van der Waals surface area contributed by atoms with Crippen molar-refractivity contribution in [1.82, 2.24) is 0 Å². The van der Waals surface area contributed by atoms with Gasteiger partial charge in [-0.2, -0.15) is 0 Å². The van der Waals surface area contributed by atoms with Gasteiger partial charge in [0.15, 0.2) is 0 Å². The number of hydrogen-bond donors (Lipinski definition) is 0. The fourth-order valence-corrected chi connectivity index (χ4v) is 7.00. The Bertz CT molecular complexity index is 2100. The first-order valence-corrected chi connectivity index (χ1v) is 16.3. The first kappa shape index (κ1) is 28.6. The molecular weight excluding hydrogens is 569 g/mol. The Morgan fingerprint density at radius 1 is 0.383 bits per heavy atom. The van der Waals surface area contributed by atoms with Crippen LogP contribution in [0.3, 0.4) is 0 Å². The zero-order chi connectivity index (χ0) is 31.8. The SMILES string of the molecule is CC1(C)c2ccc(-c3ccccc3)cc2N(c2ccccc2)c2ccc(-c3ccc(N(c4ccccc4)c4ccccc4)cc3)cc21. The van der Waals surface area contributed by atoms with Crippen molar-refractivity contribution in [1.29, 1.82) is 0 Å². The third-order valence-corrected chi connectivity index (χ3v) is 9.43. The van der Waals surface area contributed by atoms with E-state index in [-0.39, 0.29) is 5.41 Å². The van der Waals surface area contributed by atoms with Crippen molar-refractivity contribution < 1.29 is 0 Å². The molecule has 47 heavy (non-hydrogen) atoms. The minimum Gasteiger partial charge on any atom is -0.311 e. The smallest absolute Gasteiger partial charge is 0.0508 e. The van der Waals surface area contributed by atoms with Crippen molar-refractivity contribution in [3.63, 3.8) is 0 Å². The van der Waals surface area contributed by atoms with Gasteiger partial charge in [0.1, 0.15) is 0 Å². The predicted molar refractivity (Wildman–Crippen MR) is 199 cm³/mol. The summed E-state index contributed by atoms with van der Waals surface area (Å²) in [6, 6.07) is 65.5. The lowest BCUT2D eigenvalue weighted by molar-refractivity contribution is 0.632. The van der Waals surface area contributed by atoms with E-state index in [1.54, 1.807) is 0 Å². The summed E-state index contributed by atoms with van der Waals surface area (Å²) in [6.45, 7) is 4.72. The van der Waals surface area contributed by atoms with Crippen LogP contribution in [0.25, 0.3) is 22.3 Å². The third kappa shape index (κ3) is 5.18. The molecule has 8 rings (SSSR count). The van der Waals surface area contributed by atoms with Crippen LogP contribution in [0.1, 0.15) is 25.0 Å². The lowest BCUT2D eigenvalue weighted by atomic mass is 9.72. The molecule has 226 valence electrons. The molecule has 0 bridgehead atoms. The number of para-hydroxylation sites is 3. The van der Waals surface area contributed by atoms with E-state index in [4.69, 9.17) is 0 Å². The Kier molecular flexibility index (Phi) is 7.19. The van der Waals surface area contributed by atoms with E-state index in [1.807, 2.05) is 0 Å². The Morgan fingerprint density at radius 3 is 1.47 bits per heavy atom. The summed E-state index contributed by atoms with van der Waals surface area (Å²) in [7, 11) is 0. The van der Waals surface area contributed by atoms with Crippen LogP contribution in [0, 0.1) is 0 Å². The van der Waals surface area contributed by atoms with Gasteiger partial charge in [-0.25, -0.2) is 0 Å². The van der Waals surface area contributed by atoms with Gasteiger partial charge in [0, 0.05) is 28.2 Å². The molecule has 0 fully saturated rings. The molecular formula is C45H36N2. The highest BCUT2D eigenvalue weighted by molar-refractivity contribution is 5.89. The van der Waals surface area contributed by atoms with Gasteiger partial charge in [0.25, 0.3) is 0 Å². The first-order valence-electron chi connectivity index (χ1n) is 16.3. The topological polar surface area (TPSA) is 6.48 Å². The quantitative estimate of drug-likeness (QED) is 0.186. The van der Waals surface area contributed by atoms with Crippen molar-refractivity contribution in [2.75, 3.05) is 9.80 Å². The molecule has 0 aromatic heterocycles. The molecule has 1 aliphatic heterocycles. The summed E-state index contributed by atoms with van der Waals surface area (Å²) in [6.07, 6.45) is 0. The van der Waals surface area contributed by atoms with E-state index < -0.39 is 0 Å². The van der Waals surface area contributed by atoms with Crippen LogP contribution in [0.4, 0.5) is 34.1 Å². The van der Waals surface area contributed by atoms with Crippen LogP contribution in [0.5, 0.6) is 0 Å². The summed E-state index contributed by atoms with van der Waals surface area (Å²) < 4.78 is 0. The molecule has 1 aliphatic rings. The van der Waals surface area contributed by atoms with Crippen LogP contribution in [0.2, 0.25) is 0 Å². The van der Waals surface area contributed by atoms with Crippen molar-refractivity contribution in [2.24, 2.45) is 0 Å². The Labute approximate surface area is 277 Å². The van der Waals surface area contributed by atoms with Crippen molar-refractivity contribution >= 4 is 34.1 Å². The van der Waals surface area contributed by atoms with E-state index >= 15 is 0 Å². The zero-order valence-electron chi connectivity index (χ0n) is 26.7. The van der Waals surface area contributed by atoms with Crippen molar-refractivity contribution in [3.05, 3.63) is 193 Å². The van der Waals surface area contributed by atoms with Crippen LogP contribution in [-0.2, 0) is 5.41 Å². The lowest BCUT2D eigenvalue weighted by Gasteiger charge is -2.42. The lowest BCUT2D eigenvalue weighted by Crippen LogP contribution is -2.30. The molecule has 7 aromatic carbocycles. The summed E-state index contributed by atoms with van der Waals surface area (Å²) in [5.74, 6) is 0. The molecule has 0 unspecified atom stereocenters. The maximum atomic E-state index is 2.44. The van der Waals surface area contributed by atoms with Crippen LogP contribution >= 0.6 is 0 Å². The molecule has 0 radical (unpaired) electrons. The van der Waals surface area contributed by atoms with Gasteiger partial charge in [-0.05, 0) is 100 Å². The predicted octanol–water partition coefficient (Wildman–Crippen LogP) is 12.6. The second kappa shape index (κ2) is 11.8. The summed E-state index contributed by atoms with van der Waals surface area (Å²) >= 11 is 0. The molecule has 0 saturated heterocycles. The van der Waals surface area contributed by atoms with Gasteiger partial charge in [-0.3, -0.25) is 0 Å². The normalized spacial score (nSPS) is 13.0. The molecule has 0 atom stereocenters. The van der Waals surface area contributed by atoms with Crippen molar-refractivity contribution in [2.45, 2.75) is 19.3 Å². The maximum Gasteiger partial charge on any atom is 0.0508 e. The Morgan fingerprint density at radius 2 is 0.851 bits per heavy atom. The van der Waals surface area contributed by atoms with Crippen LogP contribution in [0.15, 0.2) is 182 Å². The van der Waals surface area contributed by atoms with Crippen LogP contribution < -0.4 is 9.80 Å². The summed E-state index contributed by atoms with van der Waals surface area (Å²) in [4.78, 5) is 4.74. The van der Waals surface area contributed by atoms with E-state index in [1.165, 1.54) is 44.8 Å². The fraction of sp³-hybridized carbons (Fsp3) is 0.0667. The molecule has 0 aliphatic carbocycles. The summed E-state index contributed by atoms with van der Waals surface area (Å²) in [5, 5.41) is 0. The van der Waals surface area contributed by atoms with E-state index in [0.717, 1.165) is 22.7 Å². The standard InChI is InChI=1S/C45H36N2/c1-45(2)41-29-25-36(33-15-7-3-8-16-33)32-44(41)47(39-21-13-6-14-22-39)43-30-26-35(31-42(43)45)34-23-27-40(28-24-34)46(37-17-9-4-10-18-37)38-19-11-5-12-20-38/h3-32H,1-2H3. The monoisotopic (exact) mass is 604 g/mol. The molecule has 1 heterocycles. The third-order valence-electron chi connectivity index (χ3n) is 9.43. The van der Waals surface area contributed by atoms with Gasteiger partial charge < -0.3 is 9.80 Å². The van der Waals surface area contributed by atoms with Gasteiger partial charge in [0.05, 0.1) is 11.4 Å². The highest BCUT2D eigenvalue weighted by Crippen LogP contribution is 2.53. The number of rotatable bonds is 6. The van der Waals surface area contributed by atoms with Gasteiger partial charge in [0.2, 0.25) is 0 Å². The molecule has 7 aromatic rings. The zero-order valence-corrected chi connectivity index (χ0v) is 26.7. The van der Waals surface area contributed by atoms with E-state index in [0.29, 0.717) is 0 Å². The van der Waals surface area contributed by atoms with Gasteiger partial charge in [-0.15, -0.1) is 0 Å². The number of anilines is 6. The maximum absolute atomic E-state index is 2.44. The molecule has 0 N–H and O–H groups in total. The summed E-state index contributed by atoms with van der Waals surface area (Å²) in [5.41, 5.74) is 14.3. The largest absolute Gasteiger partial charge is 0.311 e. The highest BCUT2D eigenvalue weighted by atomic mass is 15.2. The number of hydrogen-bond acceptors (Lipinski definition) is 2. The molecule has 0 saturated carbocycles.